The Morgan fingerprint density at radius 1 is 0.773 bits per heavy atom. The van der Waals surface area contributed by atoms with Crippen molar-refractivity contribution in [3.8, 4) is 0 Å². The van der Waals surface area contributed by atoms with Crippen LogP contribution in [-0.2, 0) is 10.1 Å². The number of rotatable bonds is 16. The lowest BCUT2D eigenvalue weighted by Crippen LogP contribution is -2.32. The summed E-state index contributed by atoms with van der Waals surface area (Å²) >= 11 is 0. The topological polar surface area (TPSA) is 77.8 Å². The third-order valence-electron chi connectivity index (χ3n) is 3.91. The molecule has 6 heteroatoms. The van der Waals surface area contributed by atoms with Crippen molar-refractivity contribution in [1.82, 2.24) is 4.90 Å². The van der Waals surface area contributed by atoms with E-state index < -0.39 is 10.1 Å². The van der Waals surface area contributed by atoms with Gasteiger partial charge >= 0.3 is 0 Å². The third kappa shape index (κ3) is 16.2. The van der Waals surface area contributed by atoms with Crippen LogP contribution in [0.1, 0.15) is 71.1 Å². The Kier molecular flexibility index (Phi) is 14.3. The molecular weight excluding hydrogens is 302 g/mol. The minimum Gasteiger partial charge on any atom is -0.395 e. The first-order valence-corrected chi connectivity index (χ1v) is 10.4. The fourth-order valence-electron chi connectivity index (χ4n) is 2.54. The number of unbranched alkanes of at least 4 members (excludes halogenated alkanes) is 9. The zero-order valence-corrected chi connectivity index (χ0v) is 15.0. The molecule has 0 aliphatic rings. The Morgan fingerprint density at radius 3 is 1.73 bits per heavy atom. The Morgan fingerprint density at radius 2 is 1.27 bits per heavy atom. The number of aliphatic hydroxyl groups excluding tert-OH is 1. The maximum atomic E-state index is 10.7. The smallest absolute Gasteiger partial charge is 0.266 e. The van der Waals surface area contributed by atoms with Crippen LogP contribution in [0.15, 0.2) is 0 Å². The molecule has 0 atom stereocenters. The highest BCUT2D eigenvalue weighted by Gasteiger charge is 2.09. The van der Waals surface area contributed by atoms with E-state index in [4.69, 9.17) is 9.66 Å². The molecule has 0 radical (unpaired) electrons. The van der Waals surface area contributed by atoms with Crippen molar-refractivity contribution in [3.63, 3.8) is 0 Å². The van der Waals surface area contributed by atoms with Gasteiger partial charge in [-0.1, -0.05) is 64.7 Å². The third-order valence-corrected chi connectivity index (χ3v) is 4.61. The molecule has 0 saturated carbocycles. The zero-order valence-electron chi connectivity index (χ0n) is 14.2. The van der Waals surface area contributed by atoms with Gasteiger partial charge in [0.25, 0.3) is 10.1 Å². The molecule has 0 bridgehead atoms. The van der Waals surface area contributed by atoms with Gasteiger partial charge in [-0.3, -0.25) is 9.45 Å². The number of nitrogens with zero attached hydrogens (tertiary/aromatic N) is 1. The quantitative estimate of drug-likeness (QED) is 0.334. The normalized spacial score (nSPS) is 12.2. The van der Waals surface area contributed by atoms with Crippen molar-refractivity contribution >= 4 is 10.1 Å². The van der Waals surface area contributed by atoms with Crippen molar-refractivity contribution in [2.75, 3.05) is 32.0 Å². The van der Waals surface area contributed by atoms with Gasteiger partial charge in [-0.2, -0.15) is 8.42 Å². The van der Waals surface area contributed by atoms with Gasteiger partial charge in [-0.25, -0.2) is 0 Å². The Hall–Kier alpha value is -0.170. The molecule has 0 heterocycles. The summed E-state index contributed by atoms with van der Waals surface area (Å²) in [5, 5.41) is 8.97. The molecule has 22 heavy (non-hydrogen) atoms. The van der Waals surface area contributed by atoms with E-state index in [0.29, 0.717) is 6.54 Å². The lowest BCUT2D eigenvalue weighted by atomic mass is 10.1. The molecule has 0 saturated heterocycles. The molecule has 0 rings (SSSR count). The highest BCUT2D eigenvalue weighted by Crippen LogP contribution is 2.10. The van der Waals surface area contributed by atoms with Crippen LogP contribution in [0.3, 0.4) is 0 Å². The van der Waals surface area contributed by atoms with Gasteiger partial charge in [0.05, 0.1) is 12.4 Å². The van der Waals surface area contributed by atoms with Crippen molar-refractivity contribution in [2.24, 2.45) is 0 Å². The van der Waals surface area contributed by atoms with E-state index in [-0.39, 0.29) is 18.9 Å². The maximum Gasteiger partial charge on any atom is 0.266 e. The van der Waals surface area contributed by atoms with Gasteiger partial charge < -0.3 is 5.11 Å². The van der Waals surface area contributed by atoms with Gasteiger partial charge in [0.1, 0.15) is 0 Å². The molecule has 134 valence electrons. The van der Waals surface area contributed by atoms with Crippen LogP contribution in [0.4, 0.5) is 0 Å². The van der Waals surface area contributed by atoms with Crippen LogP contribution in [-0.4, -0.2) is 55.0 Å². The van der Waals surface area contributed by atoms with E-state index in [9.17, 15) is 8.42 Å². The molecule has 5 nitrogen and oxygen atoms in total. The summed E-state index contributed by atoms with van der Waals surface area (Å²) < 4.78 is 30.3. The average molecular weight is 338 g/mol. The Balaban J connectivity index is 3.52. The molecule has 0 unspecified atom stereocenters. The Bertz CT molecular complexity index is 333. The summed E-state index contributed by atoms with van der Waals surface area (Å²) in [5.41, 5.74) is 0. The van der Waals surface area contributed by atoms with E-state index in [2.05, 4.69) is 6.92 Å². The minimum atomic E-state index is -3.91. The molecule has 0 aromatic heterocycles. The first kappa shape index (κ1) is 21.8. The summed E-state index contributed by atoms with van der Waals surface area (Å²) in [6, 6.07) is 0. The number of aliphatic hydroxyl groups is 1. The predicted molar refractivity (Wildman–Crippen MR) is 91.8 cm³/mol. The molecule has 0 aromatic rings. The summed E-state index contributed by atoms with van der Waals surface area (Å²) in [4.78, 5) is 1.90. The fourth-order valence-corrected chi connectivity index (χ4v) is 3.03. The van der Waals surface area contributed by atoms with E-state index in [1.165, 1.54) is 51.4 Å². The molecule has 0 spiro atoms. The molecule has 0 aromatic carbocycles. The lowest BCUT2D eigenvalue weighted by Gasteiger charge is -2.20. The van der Waals surface area contributed by atoms with Crippen LogP contribution in [0.25, 0.3) is 0 Å². The lowest BCUT2D eigenvalue weighted by molar-refractivity contribution is 0.199. The van der Waals surface area contributed by atoms with E-state index in [1.807, 2.05) is 4.90 Å². The summed E-state index contributed by atoms with van der Waals surface area (Å²) in [6.45, 7) is 3.79. The van der Waals surface area contributed by atoms with Crippen LogP contribution in [0, 0.1) is 0 Å². The zero-order chi connectivity index (χ0) is 16.7. The van der Waals surface area contributed by atoms with E-state index in [1.54, 1.807) is 0 Å². The second-order valence-corrected chi connectivity index (χ2v) is 7.61. The highest BCUT2D eigenvalue weighted by molar-refractivity contribution is 7.85. The molecule has 0 amide bonds. The highest BCUT2D eigenvalue weighted by atomic mass is 32.2. The van der Waals surface area contributed by atoms with Crippen LogP contribution in [0.2, 0.25) is 0 Å². The maximum absolute atomic E-state index is 10.7. The predicted octanol–water partition coefficient (Wildman–Crippen LogP) is 3.09. The second-order valence-electron chi connectivity index (χ2n) is 6.03. The van der Waals surface area contributed by atoms with E-state index >= 15 is 0 Å². The summed E-state index contributed by atoms with van der Waals surface area (Å²) in [5.74, 6) is -0.259. The SMILES string of the molecule is CCCCCCCCCCCCN(CCO)CCS(=O)(=O)O. The van der Waals surface area contributed by atoms with Gasteiger partial charge in [-0.15, -0.1) is 0 Å². The van der Waals surface area contributed by atoms with Crippen LogP contribution >= 0.6 is 0 Å². The second kappa shape index (κ2) is 14.4. The van der Waals surface area contributed by atoms with Crippen molar-refractivity contribution in [1.29, 1.82) is 0 Å². The van der Waals surface area contributed by atoms with Gasteiger partial charge in [-0.05, 0) is 13.0 Å². The first-order valence-electron chi connectivity index (χ1n) is 8.78. The van der Waals surface area contributed by atoms with Crippen molar-refractivity contribution in [3.05, 3.63) is 0 Å². The molecule has 2 N–H and O–H groups in total. The summed E-state index contributed by atoms with van der Waals surface area (Å²) in [7, 11) is -3.91. The van der Waals surface area contributed by atoms with Gasteiger partial charge in [0, 0.05) is 13.1 Å². The van der Waals surface area contributed by atoms with Crippen molar-refractivity contribution < 1.29 is 18.1 Å². The Labute approximate surface area is 136 Å². The number of hydrogen-bond acceptors (Lipinski definition) is 4. The molecular formula is C16H35NO4S. The van der Waals surface area contributed by atoms with Crippen LogP contribution in [0.5, 0.6) is 0 Å². The summed E-state index contributed by atoms with van der Waals surface area (Å²) in [6.07, 6.45) is 12.7. The number of hydrogen-bond donors (Lipinski definition) is 2. The first-order chi connectivity index (χ1) is 10.5. The molecule has 0 aliphatic carbocycles. The largest absolute Gasteiger partial charge is 0.395 e. The standard InChI is InChI=1S/C16H35NO4S/c1-2-3-4-5-6-7-8-9-10-11-12-17(13-15-18)14-16-22(19,20)21/h18H,2-16H2,1H3,(H,19,20,21). The molecule has 0 aliphatic heterocycles. The monoisotopic (exact) mass is 337 g/mol. The van der Waals surface area contributed by atoms with Crippen molar-refractivity contribution in [2.45, 2.75) is 71.1 Å². The molecule has 0 fully saturated rings. The average Bonchev–Trinajstić information content (AvgIpc) is 2.45. The fraction of sp³-hybridized carbons (Fsp3) is 1.00. The van der Waals surface area contributed by atoms with E-state index in [0.717, 1.165) is 19.4 Å². The minimum absolute atomic E-state index is 0.0171. The van der Waals surface area contributed by atoms with Gasteiger partial charge in [0.15, 0.2) is 0 Å². The van der Waals surface area contributed by atoms with Gasteiger partial charge in [0.2, 0.25) is 0 Å². The van der Waals surface area contributed by atoms with Crippen LogP contribution < -0.4 is 0 Å².